The van der Waals surface area contributed by atoms with Crippen LogP contribution in [0.2, 0.25) is 5.02 Å². The van der Waals surface area contributed by atoms with Gasteiger partial charge in [-0.1, -0.05) is 30.7 Å². The van der Waals surface area contributed by atoms with Crippen LogP contribution in [-0.2, 0) is 6.54 Å². The third-order valence-electron chi connectivity index (χ3n) is 2.72. The zero-order valence-corrected chi connectivity index (χ0v) is 11.9. The summed E-state index contributed by atoms with van der Waals surface area (Å²) in [5.74, 6) is 0. The van der Waals surface area contributed by atoms with Gasteiger partial charge in [-0.05, 0) is 44.8 Å². The Morgan fingerprint density at radius 3 is 2.18 bits per heavy atom. The second-order valence-corrected chi connectivity index (χ2v) is 5.14. The highest BCUT2D eigenvalue weighted by Crippen LogP contribution is 2.11. The van der Waals surface area contributed by atoms with E-state index in [1.807, 2.05) is 12.1 Å². The van der Waals surface area contributed by atoms with Crippen molar-refractivity contribution in [3.05, 3.63) is 34.9 Å². The molecule has 1 aromatic rings. The van der Waals surface area contributed by atoms with Crippen LogP contribution in [-0.4, -0.2) is 43.5 Å². The summed E-state index contributed by atoms with van der Waals surface area (Å²) in [5, 5.41) is 0.809. The Labute approximate surface area is 110 Å². The maximum atomic E-state index is 5.89. The quantitative estimate of drug-likeness (QED) is 0.738. The smallest absolute Gasteiger partial charge is 0.0406 e. The number of benzene rings is 1. The van der Waals surface area contributed by atoms with E-state index in [0.717, 1.165) is 31.2 Å². The lowest BCUT2D eigenvalue weighted by atomic mass is 10.2. The van der Waals surface area contributed by atoms with E-state index < -0.39 is 0 Å². The Morgan fingerprint density at radius 1 is 1.00 bits per heavy atom. The summed E-state index contributed by atoms with van der Waals surface area (Å²) >= 11 is 5.89. The SMILES string of the molecule is CCCN(CCN(C)C)Cc1ccc(Cl)cc1. The van der Waals surface area contributed by atoms with E-state index in [1.54, 1.807) is 0 Å². The molecule has 0 radical (unpaired) electrons. The molecule has 3 heteroatoms. The fourth-order valence-corrected chi connectivity index (χ4v) is 1.90. The van der Waals surface area contributed by atoms with Crippen LogP contribution < -0.4 is 0 Å². The van der Waals surface area contributed by atoms with Crippen molar-refractivity contribution in [2.45, 2.75) is 19.9 Å². The zero-order valence-electron chi connectivity index (χ0n) is 11.1. The Bertz CT molecular complexity index is 309. The average Bonchev–Trinajstić information content (AvgIpc) is 2.29. The minimum absolute atomic E-state index is 0.809. The van der Waals surface area contributed by atoms with Crippen LogP contribution in [0, 0.1) is 0 Å². The van der Waals surface area contributed by atoms with E-state index in [2.05, 4.69) is 43.0 Å². The first-order valence-electron chi connectivity index (χ1n) is 6.23. The van der Waals surface area contributed by atoms with Crippen molar-refractivity contribution in [1.82, 2.24) is 9.80 Å². The average molecular weight is 255 g/mol. The molecule has 0 unspecified atom stereocenters. The highest BCUT2D eigenvalue weighted by atomic mass is 35.5. The lowest BCUT2D eigenvalue weighted by Crippen LogP contribution is -2.31. The highest BCUT2D eigenvalue weighted by molar-refractivity contribution is 6.30. The summed E-state index contributed by atoms with van der Waals surface area (Å²) in [6, 6.07) is 8.15. The highest BCUT2D eigenvalue weighted by Gasteiger charge is 2.05. The van der Waals surface area contributed by atoms with Crippen molar-refractivity contribution in [2.24, 2.45) is 0 Å². The number of halogens is 1. The molecule has 0 bridgehead atoms. The van der Waals surface area contributed by atoms with Crippen molar-refractivity contribution in [3.8, 4) is 0 Å². The summed E-state index contributed by atoms with van der Waals surface area (Å²) in [5.41, 5.74) is 1.33. The predicted octanol–water partition coefficient (Wildman–Crippen LogP) is 3.11. The molecule has 0 aliphatic carbocycles. The monoisotopic (exact) mass is 254 g/mol. The van der Waals surface area contributed by atoms with Crippen LogP contribution in [0.1, 0.15) is 18.9 Å². The normalized spacial score (nSPS) is 11.4. The maximum absolute atomic E-state index is 5.89. The minimum Gasteiger partial charge on any atom is -0.308 e. The van der Waals surface area contributed by atoms with Gasteiger partial charge in [0.1, 0.15) is 0 Å². The first-order chi connectivity index (χ1) is 8.11. The van der Waals surface area contributed by atoms with Crippen molar-refractivity contribution in [1.29, 1.82) is 0 Å². The second-order valence-electron chi connectivity index (χ2n) is 4.71. The fraction of sp³-hybridized carbons (Fsp3) is 0.571. The largest absolute Gasteiger partial charge is 0.308 e. The van der Waals surface area contributed by atoms with Gasteiger partial charge in [0, 0.05) is 24.7 Å². The molecule has 0 aromatic heterocycles. The molecule has 0 amide bonds. The van der Waals surface area contributed by atoms with E-state index in [1.165, 1.54) is 12.0 Å². The Hall–Kier alpha value is -0.570. The summed E-state index contributed by atoms with van der Waals surface area (Å²) in [4.78, 5) is 4.72. The molecule has 1 aromatic carbocycles. The van der Waals surface area contributed by atoms with Crippen LogP contribution in [0.5, 0.6) is 0 Å². The van der Waals surface area contributed by atoms with Gasteiger partial charge >= 0.3 is 0 Å². The van der Waals surface area contributed by atoms with Crippen LogP contribution in [0.3, 0.4) is 0 Å². The summed E-state index contributed by atoms with van der Waals surface area (Å²) < 4.78 is 0. The first-order valence-corrected chi connectivity index (χ1v) is 6.61. The molecule has 0 heterocycles. The van der Waals surface area contributed by atoms with E-state index in [0.29, 0.717) is 0 Å². The molecule has 0 N–H and O–H groups in total. The van der Waals surface area contributed by atoms with Gasteiger partial charge in [-0.25, -0.2) is 0 Å². The molecular weight excluding hydrogens is 232 g/mol. The second kappa shape index (κ2) is 7.70. The summed E-state index contributed by atoms with van der Waals surface area (Å²) in [6.45, 7) is 6.61. The van der Waals surface area contributed by atoms with Gasteiger partial charge in [0.2, 0.25) is 0 Å². The van der Waals surface area contributed by atoms with Gasteiger partial charge < -0.3 is 4.90 Å². The van der Waals surface area contributed by atoms with Crippen LogP contribution in [0.4, 0.5) is 0 Å². The third kappa shape index (κ3) is 6.06. The Morgan fingerprint density at radius 2 is 1.65 bits per heavy atom. The molecule has 0 fully saturated rings. The topological polar surface area (TPSA) is 6.48 Å². The maximum Gasteiger partial charge on any atom is 0.0406 e. The van der Waals surface area contributed by atoms with Crippen molar-refractivity contribution >= 4 is 11.6 Å². The summed E-state index contributed by atoms with van der Waals surface area (Å²) in [6.07, 6.45) is 1.20. The van der Waals surface area contributed by atoms with Gasteiger partial charge in [-0.3, -0.25) is 4.90 Å². The molecule has 0 atom stereocenters. The Kier molecular flexibility index (Phi) is 6.56. The van der Waals surface area contributed by atoms with Crippen LogP contribution >= 0.6 is 11.6 Å². The number of rotatable bonds is 7. The molecule has 1 rings (SSSR count). The minimum atomic E-state index is 0.809. The third-order valence-corrected chi connectivity index (χ3v) is 2.97. The van der Waals surface area contributed by atoms with Crippen molar-refractivity contribution < 1.29 is 0 Å². The lowest BCUT2D eigenvalue weighted by Gasteiger charge is -2.23. The van der Waals surface area contributed by atoms with E-state index >= 15 is 0 Å². The molecule has 0 spiro atoms. The number of hydrogen-bond acceptors (Lipinski definition) is 2. The van der Waals surface area contributed by atoms with Crippen LogP contribution in [0.15, 0.2) is 24.3 Å². The van der Waals surface area contributed by atoms with Gasteiger partial charge in [0.05, 0.1) is 0 Å². The number of nitrogens with zero attached hydrogens (tertiary/aromatic N) is 2. The summed E-state index contributed by atoms with van der Waals surface area (Å²) in [7, 11) is 4.23. The van der Waals surface area contributed by atoms with Gasteiger partial charge in [-0.2, -0.15) is 0 Å². The van der Waals surface area contributed by atoms with E-state index in [4.69, 9.17) is 11.6 Å². The van der Waals surface area contributed by atoms with Gasteiger partial charge in [0.15, 0.2) is 0 Å². The molecule has 0 aliphatic rings. The molecule has 2 nitrogen and oxygen atoms in total. The molecule has 0 saturated heterocycles. The molecule has 17 heavy (non-hydrogen) atoms. The number of hydrogen-bond donors (Lipinski definition) is 0. The van der Waals surface area contributed by atoms with Crippen molar-refractivity contribution in [2.75, 3.05) is 33.7 Å². The predicted molar refractivity (Wildman–Crippen MR) is 75.6 cm³/mol. The van der Waals surface area contributed by atoms with Gasteiger partial charge in [-0.15, -0.1) is 0 Å². The first kappa shape index (κ1) is 14.5. The number of likely N-dealkylation sites (N-methyl/N-ethyl adjacent to an activating group) is 1. The standard InChI is InChI=1S/C14H23ClN2/c1-4-9-17(11-10-16(2)3)12-13-5-7-14(15)8-6-13/h5-8H,4,9-12H2,1-3H3. The Balaban J connectivity index is 2.50. The molecule has 0 aliphatic heterocycles. The van der Waals surface area contributed by atoms with E-state index in [9.17, 15) is 0 Å². The van der Waals surface area contributed by atoms with Crippen LogP contribution in [0.25, 0.3) is 0 Å². The lowest BCUT2D eigenvalue weighted by molar-refractivity contribution is 0.234. The zero-order chi connectivity index (χ0) is 12.7. The fourth-order valence-electron chi connectivity index (χ4n) is 1.78. The van der Waals surface area contributed by atoms with Gasteiger partial charge in [0.25, 0.3) is 0 Å². The molecular formula is C14H23ClN2. The molecule has 0 saturated carbocycles. The van der Waals surface area contributed by atoms with E-state index in [-0.39, 0.29) is 0 Å². The van der Waals surface area contributed by atoms with Crippen molar-refractivity contribution in [3.63, 3.8) is 0 Å². The molecule has 96 valence electrons.